The Morgan fingerprint density at radius 2 is 1.89 bits per heavy atom. The predicted octanol–water partition coefficient (Wildman–Crippen LogP) is 5.15. The molecule has 2 aliphatic heterocycles. The average molecular weight is 564 g/mol. The Hall–Kier alpha value is -3.78. The molecule has 0 unspecified atom stereocenters. The van der Waals surface area contributed by atoms with Gasteiger partial charge in [-0.25, -0.2) is 0 Å². The normalized spacial score (nSPS) is 20.1. The zero-order chi connectivity index (χ0) is 26.3. The highest BCUT2D eigenvalue weighted by atomic mass is 79.9. The summed E-state index contributed by atoms with van der Waals surface area (Å²) in [5, 5.41) is 21.8. The second-order valence-corrected chi connectivity index (χ2v) is 10.1. The number of hydrogen-bond acceptors (Lipinski definition) is 6. The molecule has 1 fully saturated rings. The Labute approximate surface area is 223 Å². The summed E-state index contributed by atoms with van der Waals surface area (Å²) in [5.74, 6) is -0.873. The fraction of sp³-hybridized carbons (Fsp3) is 0.241. The van der Waals surface area contributed by atoms with Gasteiger partial charge in [0.1, 0.15) is 17.6 Å². The van der Waals surface area contributed by atoms with Crippen LogP contribution >= 0.6 is 15.9 Å². The minimum absolute atomic E-state index is 0.00961. The lowest BCUT2D eigenvalue weighted by Crippen LogP contribution is -2.31. The number of aromatic hydroxyl groups is 1. The third-order valence-corrected chi connectivity index (χ3v) is 7.38. The van der Waals surface area contributed by atoms with Crippen LogP contribution in [-0.4, -0.2) is 46.6 Å². The summed E-state index contributed by atoms with van der Waals surface area (Å²) in [6.45, 7) is 2.22. The lowest BCUT2D eigenvalue weighted by atomic mass is 9.94. The number of ketones is 1. The van der Waals surface area contributed by atoms with E-state index in [2.05, 4.69) is 15.9 Å². The number of phenolic OH excluding ortho intramolecular Hbond substituents is 1. The smallest absolute Gasteiger partial charge is 0.295 e. The number of halogens is 1. The van der Waals surface area contributed by atoms with Crippen molar-refractivity contribution in [2.24, 2.45) is 0 Å². The van der Waals surface area contributed by atoms with Crippen molar-refractivity contribution < 1.29 is 29.3 Å². The molecule has 1 amide bonds. The number of rotatable bonds is 6. The topological polar surface area (TPSA) is 96.3 Å². The molecule has 0 bridgehead atoms. The van der Waals surface area contributed by atoms with Crippen molar-refractivity contribution in [1.82, 2.24) is 4.90 Å². The van der Waals surface area contributed by atoms with Crippen molar-refractivity contribution in [2.75, 3.05) is 13.7 Å². The van der Waals surface area contributed by atoms with Gasteiger partial charge in [0.15, 0.2) is 11.5 Å². The van der Waals surface area contributed by atoms with Gasteiger partial charge in [0.2, 0.25) is 0 Å². The first-order valence-electron chi connectivity index (χ1n) is 12.0. The van der Waals surface area contributed by atoms with Gasteiger partial charge in [-0.2, -0.15) is 0 Å². The number of ether oxygens (including phenoxy) is 2. The highest BCUT2D eigenvalue weighted by Gasteiger charge is 2.46. The maximum atomic E-state index is 13.4. The van der Waals surface area contributed by atoms with Crippen LogP contribution < -0.4 is 9.47 Å². The Balaban J connectivity index is 1.62. The summed E-state index contributed by atoms with van der Waals surface area (Å²) >= 11 is 3.34. The zero-order valence-corrected chi connectivity index (χ0v) is 22.0. The van der Waals surface area contributed by atoms with Gasteiger partial charge in [-0.05, 0) is 76.3 Å². The van der Waals surface area contributed by atoms with Crippen molar-refractivity contribution in [3.8, 4) is 17.2 Å². The molecule has 7 nitrogen and oxygen atoms in total. The first kappa shape index (κ1) is 24.9. The molecule has 0 spiro atoms. The second-order valence-electron chi connectivity index (χ2n) is 9.24. The van der Waals surface area contributed by atoms with Gasteiger partial charge < -0.3 is 24.6 Å². The van der Waals surface area contributed by atoms with Gasteiger partial charge in [0.05, 0.1) is 23.2 Å². The number of aliphatic hydroxyl groups is 1. The molecule has 2 aliphatic rings. The summed E-state index contributed by atoms with van der Waals surface area (Å²) in [6, 6.07) is 17.3. The number of nitrogens with zero attached hydrogens (tertiary/aromatic N) is 1. The van der Waals surface area contributed by atoms with E-state index in [0.29, 0.717) is 28.4 Å². The van der Waals surface area contributed by atoms with Crippen LogP contribution in [0.3, 0.4) is 0 Å². The van der Waals surface area contributed by atoms with E-state index in [0.717, 1.165) is 16.9 Å². The first-order chi connectivity index (χ1) is 17.8. The molecule has 8 heteroatoms. The van der Waals surface area contributed by atoms with E-state index in [1.807, 2.05) is 37.3 Å². The van der Waals surface area contributed by atoms with Gasteiger partial charge in [0, 0.05) is 18.5 Å². The van der Waals surface area contributed by atoms with Crippen LogP contribution in [0.1, 0.15) is 35.2 Å². The van der Waals surface area contributed by atoms with E-state index in [9.17, 15) is 19.8 Å². The fourth-order valence-corrected chi connectivity index (χ4v) is 5.44. The third kappa shape index (κ3) is 4.57. The first-order valence-corrected chi connectivity index (χ1v) is 12.8. The van der Waals surface area contributed by atoms with E-state index in [4.69, 9.17) is 9.47 Å². The molecule has 3 aromatic rings. The molecule has 3 aromatic carbocycles. The van der Waals surface area contributed by atoms with E-state index in [-0.39, 0.29) is 35.5 Å². The van der Waals surface area contributed by atoms with Crippen molar-refractivity contribution >= 4 is 33.4 Å². The highest BCUT2D eigenvalue weighted by Crippen LogP contribution is 2.44. The van der Waals surface area contributed by atoms with Gasteiger partial charge >= 0.3 is 0 Å². The number of phenols is 1. The number of aliphatic hydroxyl groups excluding tert-OH is 1. The van der Waals surface area contributed by atoms with Crippen molar-refractivity contribution in [3.05, 3.63) is 93.0 Å². The van der Waals surface area contributed by atoms with Crippen LogP contribution in [0.15, 0.2) is 70.7 Å². The Bertz CT molecular complexity index is 1420. The minimum Gasteiger partial charge on any atom is -0.507 e. The van der Waals surface area contributed by atoms with Crippen LogP contribution in [0.25, 0.3) is 5.76 Å². The van der Waals surface area contributed by atoms with Crippen molar-refractivity contribution in [2.45, 2.75) is 31.9 Å². The molecule has 5 rings (SSSR count). The van der Waals surface area contributed by atoms with Crippen LogP contribution in [0.2, 0.25) is 0 Å². The number of methoxy groups -OCH3 is 1. The molecular formula is C29H26BrNO6. The number of benzene rings is 3. The van der Waals surface area contributed by atoms with Gasteiger partial charge in [-0.3, -0.25) is 9.59 Å². The standard InChI is InChI=1S/C29H26BrNO6/c1-16-12-19-13-18(8-9-22(19)37-16)26(32)24-25(20-14-21(30)27(33)23(15-20)36-2)31(29(35)28(24)34)11-10-17-6-4-3-5-7-17/h3-9,13-16,25,32-33H,10-12H2,1-2H3/b26-24+/t16-,25-/m0/s1. The van der Waals surface area contributed by atoms with Crippen molar-refractivity contribution in [1.29, 1.82) is 0 Å². The van der Waals surface area contributed by atoms with Gasteiger partial charge in [-0.1, -0.05) is 30.3 Å². The summed E-state index contributed by atoms with van der Waals surface area (Å²) in [7, 11) is 1.42. The fourth-order valence-electron chi connectivity index (χ4n) is 4.98. The summed E-state index contributed by atoms with van der Waals surface area (Å²) in [6.07, 6.45) is 1.24. The van der Waals surface area contributed by atoms with E-state index < -0.39 is 17.7 Å². The Kier molecular flexibility index (Phi) is 6.69. The van der Waals surface area contributed by atoms with E-state index >= 15 is 0 Å². The predicted molar refractivity (Wildman–Crippen MR) is 142 cm³/mol. The highest BCUT2D eigenvalue weighted by molar-refractivity contribution is 9.10. The quantitative estimate of drug-likeness (QED) is 0.244. The Morgan fingerprint density at radius 3 is 2.62 bits per heavy atom. The molecule has 0 aromatic heterocycles. The number of fused-ring (bicyclic) bond motifs is 1. The molecule has 2 heterocycles. The maximum Gasteiger partial charge on any atom is 0.295 e. The molecular weight excluding hydrogens is 538 g/mol. The molecule has 0 aliphatic carbocycles. The molecule has 0 radical (unpaired) electrons. The van der Waals surface area contributed by atoms with E-state index in [1.165, 1.54) is 12.0 Å². The molecule has 1 saturated heterocycles. The minimum atomic E-state index is -0.877. The third-order valence-electron chi connectivity index (χ3n) is 6.78. The number of likely N-dealkylation sites (tertiary alicyclic amines) is 1. The summed E-state index contributed by atoms with van der Waals surface area (Å²) in [4.78, 5) is 28.2. The maximum absolute atomic E-state index is 13.4. The lowest BCUT2D eigenvalue weighted by Gasteiger charge is -2.26. The number of carbonyl (C=O) groups excluding carboxylic acids is 2. The van der Waals surface area contributed by atoms with Crippen LogP contribution in [-0.2, 0) is 22.4 Å². The number of amides is 1. The second kappa shape index (κ2) is 9.94. The molecule has 2 N–H and O–H groups in total. The average Bonchev–Trinajstić information content (AvgIpc) is 3.39. The molecule has 190 valence electrons. The molecule has 37 heavy (non-hydrogen) atoms. The monoisotopic (exact) mass is 563 g/mol. The lowest BCUT2D eigenvalue weighted by molar-refractivity contribution is -0.139. The van der Waals surface area contributed by atoms with E-state index in [1.54, 1.807) is 30.3 Å². The Morgan fingerprint density at radius 1 is 1.14 bits per heavy atom. The zero-order valence-electron chi connectivity index (χ0n) is 20.4. The molecule has 0 saturated carbocycles. The van der Waals surface area contributed by atoms with Crippen molar-refractivity contribution in [3.63, 3.8) is 0 Å². The molecule has 2 atom stereocenters. The number of carbonyl (C=O) groups is 2. The summed E-state index contributed by atoms with van der Waals surface area (Å²) < 4.78 is 11.4. The van der Waals surface area contributed by atoms with Gasteiger partial charge in [0.25, 0.3) is 11.7 Å². The largest absolute Gasteiger partial charge is 0.507 e. The van der Waals surface area contributed by atoms with Crippen LogP contribution in [0.5, 0.6) is 17.2 Å². The SMILES string of the molecule is COc1cc([C@H]2/C(=C(\O)c3ccc4c(c3)C[C@H](C)O4)C(=O)C(=O)N2CCc2ccccc2)cc(Br)c1O. The van der Waals surface area contributed by atoms with Crippen LogP contribution in [0.4, 0.5) is 0 Å². The number of Topliss-reactive ketones (excluding diaryl/α,β-unsaturated/α-hetero) is 1. The van der Waals surface area contributed by atoms with Gasteiger partial charge in [-0.15, -0.1) is 0 Å². The number of hydrogen-bond donors (Lipinski definition) is 2. The van der Waals surface area contributed by atoms with Crippen LogP contribution in [0, 0.1) is 0 Å². The summed E-state index contributed by atoms with van der Waals surface area (Å²) in [5.41, 5.74) is 2.89.